The van der Waals surface area contributed by atoms with Crippen LogP contribution in [-0.4, -0.2) is 19.0 Å². The van der Waals surface area contributed by atoms with Crippen molar-refractivity contribution in [1.29, 1.82) is 0 Å². The van der Waals surface area contributed by atoms with Gasteiger partial charge in [-0.2, -0.15) is 0 Å². The molecule has 2 aromatic rings. The summed E-state index contributed by atoms with van der Waals surface area (Å²) in [4.78, 5) is 16.3. The quantitative estimate of drug-likeness (QED) is 0.572. The number of carbonyl (C=O) groups is 1. The van der Waals surface area contributed by atoms with Crippen LogP contribution >= 0.6 is 27.5 Å². The molecule has 0 atom stereocenters. The van der Waals surface area contributed by atoms with Crippen LogP contribution in [0, 0.1) is 0 Å². The fourth-order valence-electron chi connectivity index (χ4n) is 2.09. The minimum absolute atomic E-state index is 0.216. The van der Waals surface area contributed by atoms with E-state index in [9.17, 15) is 4.79 Å². The highest BCUT2D eigenvalue weighted by molar-refractivity contribution is 9.10. The van der Waals surface area contributed by atoms with E-state index in [4.69, 9.17) is 21.1 Å². The van der Waals surface area contributed by atoms with Crippen LogP contribution in [0.4, 0.5) is 0 Å². The first kappa shape index (κ1) is 15.8. The van der Waals surface area contributed by atoms with Crippen molar-refractivity contribution in [3.63, 3.8) is 0 Å². The molecular weight excluding hydrogens is 382 g/mol. The Labute approximate surface area is 146 Å². The Morgan fingerprint density at radius 1 is 1.22 bits per heavy atom. The number of nitrogens with zero attached hydrogens (tertiary/aromatic N) is 1. The van der Waals surface area contributed by atoms with Gasteiger partial charge >= 0.3 is 5.97 Å². The molecule has 0 unspecified atom stereocenters. The van der Waals surface area contributed by atoms with E-state index in [0.29, 0.717) is 16.3 Å². The third kappa shape index (κ3) is 3.46. The molecule has 0 N–H and O–H groups in total. The lowest BCUT2D eigenvalue weighted by Gasteiger charge is -2.07. The number of esters is 1. The molecule has 6 heteroatoms. The van der Waals surface area contributed by atoms with Crippen molar-refractivity contribution in [3.8, 4) is 5.75 Å². The fraction of sp³-hybridized carbons (Fsp3) is 0.0588. The number of aliphatic imine (C=N–C) groups is 1. The summed E-state index contributed by atoms with van der Waals surface area (Å²) in [6.07, 6.45) is 1.65. The molecule has 0 saturated heterocycles. The zero-order chi connectivity index (χ0) is 16.4. The van der Waals surface area contributed by atoms with Gasteiger partial charge in [0.25, 0.3) is 0 Å². The summed E-state index contributed by atoms with van der Waals surface area (Å²) in [6.45, 7) is 0. The van der Waals surface area contributed by atoms with E-state index in [0.717, 1.165) is 10.0 Å². The predicted molar refractivity (Wildman–Crippen MR) is 92.8 cm³/mol. The van der Waals surface area contributed by atoms with Crippen molar-refractivity contribution in [1.82, 2.24) is 0 Å². The minimum Gasteiger partial charge on any atom is -0.496 e. The zero-order valence-corrected chi connectivity index (χ0v) is 14.4. The van der Waals surface area contributed by atoms with Crippen LogP contribution in [0.25, 0.3) is 6.08 Å². The second-order valence-corrected chi connectivity index (χ2v) is 6.08. The van der Waals surface area contributed by atoms with Gasteiger partial charge in [0.15, 0.2) is 5.70 Å². The van der Waals surface area contributed by atoms with Crippen molar-refractivity contribution >= 4 is 45.5 Å². The molecule has 0 bridgehead atoms. The standard InChI is InChI=1S/C17H11BrClNO3/c1-22-15-7-4-11(18)9-13(15)16-20-14(17(21)23-16)8-10-2-5-12(19)6-3-10/h2-9H,1H3/b14-8-. The summed E-state index contributed by atoms with van der Waals surface area (Å²) in [7, 11) is 1.55. The molecule has 0 saturated carbocycles. The van der Waals surface area contributed by atoms with Gasteiger partial charge in [0, 0.05) is 9.50 Å². The number of ether oxygens (including phenoxy) is 2. The average Bonchev–Trinajstić information content (AvgIpc) is 2.90. The fourth-order valence-corrected chi connectivity index (χ4v) is 2.58. The number of benzene rings is 2. The van der Waals surface area contributed by atoms with Gasteiger partial charge in [-0.05, 0) is 42.0 Å². The zero-order valence-electron chi connectivity index (χ0n) is 12.0. The van der Waals surface area contributed by atoms with Crippen LogP contribution in [0.15, 0.2) is 57.6 Å². The van der Waals surface area contributed by atoms with Crippen molar-refractivity contribution in [3.05, 3.63) is 68.8 Å². The summed E-state index contributed by atoms with van der Waals surface area (Å²) < 4.78 is 11.4. The van der Waals surface area contributed by atoms with Crippen LogP contribution in [0.2, 0.25) is 5.02 Å². The van der Waals surface area contributed by atoms with Crippen molar-refractivity contribution in [2.75, 3.05) is 7.11 Å². The smallest absolute Gasteiger partial charge is 0.363 e. The first-order valence-electron chi connectivity index (χ1n) is 6.69. The van der Waals surface area contributed by atoms with Gasteiger partial charge in [-0.25, -0.2) is 9.79 Å². The van der Waals surface area contributed by atoms with Gasteiger partial charge in [0.1, 0.15) is 5.75 Å². The number of methoxy groups -OCH3 is 1. The second-order valence-electron chi connectivity index (χ2n) is 4.73. The van der Waals surface area contributed by atoms with E-state index < -0.39 is 5.97 Å². The normalized spacial score (nSPS) is 15.5. The molecule has 0 aliphatic carbocycles. The Morgan fingerprint density at radius 2 is 1.96 bits per heavy atom. The molecule has 1 aliphatic heterocycles. The Bertz CT molecular complexity index is 828. The number of hydrogen-bond donors (Lipinski definition) is 0. The molecule has 4 nitrogen and oxygen atoms in total. The van der Waals surface area contributed by atoms with E-state index >= 15 is 0 Å². The molecular formula is C17H11BrClNO3. The Balaban J connectivity index is 1.98. The highest BCUT2D eigenvalue weighted by Crippen LogP contribution is 2.28. The van der Waals surface area contributed by atoms with E-state index in [1.807, 2.05) is 6.07 Å². The first-order valence-corrected chi connectivity index (χ1v) is 7.86. The monoisotopic (exact) mass is 391 g/mol. The number of rotatable bonds is 3. The number of carbonyl (C=O) groups excluding carboxylic acids is 1. The van der Waals surface area contributed by atoms with Crippen molar-refractivity contribution < 1.29 is 14.3 Å². The molecule has 2 aromatic carbocycles. The van der Waals surface area contributed by atoms with Crippen LogP contribution in [0.5, 0.6) is 5.75 Å². The predicted octanol–water partition coefficient (Wildman–Crippen LogP) is 4.46. The Morgan fingerprint density at radius 3 is 2.65 bits per heavy atom. The Kier molecular flexibility index (Phi) is 4.50. The highest BCUT2D eigenvalue weighted by Gasteiger charge is 2.26. The SMILES string of the molecule is COc1ccc(Br)cc1C1=N/C(=C\c2ccc(Cl)cc2)C(=O)O1. The number of halogens is 2. The van der Waals surface area contributed by atoms with E-state index in [1.165, 1.54) is 0 Å². The van der Waals surface area contributed by atoms with Gasteiger partial charge in [-0.3, -0.25) is 0 Å². The maximum atomic E-state index is 12.0. The van der Waals surface area contributed by atoms with Gasteiger partial charge < -0.3 is 9.47 Å². The molecule has 0 radical (unpaired) electrons. The number of cyclic esters (lactones) is 1. The molecule has 1 heterocycles. The lowest BCUT2D eigenvalue weighted by molar-refractivity contribution is -0.129. The lowest BCUT2D eigenvalue weighted by Crippen LogP contribution is -2.07. The third-order valence-electron chi connectivity index (χ3n) is 3.19. The maximum absolute atomic E-state index is 12.0. The van der Waals surface area contributed by atoms with Crippen LogP contribution in [-0.2, 0) is 9.53 Å². The van der Waals surface area contributed by atoms with Crippen LogP contribution in [0.3, 0.4) is 0 Å². The van der Waals surface area contributed by atoms with Crippen LogP contribution < -0.4 is 4.74 Å². The molecule has 0 amide bonds. The van der Waals surface area contributed by atoms with E-state index in [-0.39, 0.29) is 11.6 Å². The summed E-state index contributed by atoms with van der Waals surface area (Å²) in [5.74, 6) is 0.290. The second kappa shape index (κ2) is 6.56. The topological polar surface area (TPSA) is 47.9 Å². The minimum atomic E-state index is -0.503. The van der Waals surface area contributed by atoms with E-state index in [2.05, 4.69) is 20.9 Å². The maximum Gasteiger partial charge on any atom is 0.363 e. The number of hydrogen-bond acceptors (Lipinski definition) is 4. The largest absolute Gasteiger partial charge is 0.496 e. The first-order chi connectivity index (χ1) is 11.1. The lowest BCUT2D eigenvalue weighted by atomic mass is 10.2. The molecule has 0 fully saturated rings. The molecule has 1 aliphatic rings. The summed E-state index contributed by atoms with van der Waals surface area (Å²) in [5.41, 5.74) is 1.65. The Hall–Kier alpha value is -2.11. The molecule has 116 valence electrons. The summed E-state index contributed by atoms with van der Waals surface area (Å²) in [6, 6.07) is 12.5. The van der Waals surface area contributed by atoms with Crippen LogP contribution in [0.1, 0.15) is 11.1 Å². The molecule has 0 spiro atoms. The highest BCUT2D eigenvalue weighted by atomic mass is 79.9. The summed E-state index contributed by atoms with van der Waals surface area (Å²) in [5, 5.41) is 0.629. The third-order valence-corrected chi connectivity index (χ3v) is 3.93. The molecule has 23 heavy (non-hydrogen) atoms. The van der Waals surface area contributed by atoms with Gasteiger partial charge in [0.2, 0.25) is 5.90 Å². The van der Waals surface area contributed by atoms with Gasteiger partial charge in [-0.15, -0.1) is 0 Å². The molecule has 3 rings (SSSR count). The van der Waals surface area contributed by atoms with Crippen molar-refractivity contribution in [2.24, 2.45) is 4.99 Å². The summed E-state index contributed by atoms with van der Waals surface area (Å²) >= 11 is 9.24. The average molecular weight is 393 g/mol. The molecule has 0 aromatic heterocycles. The van der Waals surface area contributed by atoms with Gasteiger partial charge in [-0.1, -0.05) is 39.7 Å². The van der Waals surface area contributed by atoms with Crippen molar-refractivity contribution in [2.45, 2.75) is 0 Å². The van der Waals surface area contributed by atoms with E-state index in [1.54, 1.807) is 49.6 Å². The van der Waals surface area contributed by atoms with Gasteiger partial charge in [0.05, 0.1) is 12.7 Å².